The van der Waals surface area contributed by atoms with Gasteiger partial charge in [-0.15, -0.1) is 0 Å². The van der Waals surface area contributed by atoms with Crippen LogP contribution in [0.15, 0.2) is 59.7 Å². The van der Waals surface area contributed by atoms with Gasteiger partial charge >= 0.3 is 0 Å². The smallest absolute Gasteiger partial charge is 0.276 e. The average molecular weight is 423 g/mol. The SMILES string of the molecule is COCCN(C(=O)C1=NN(Cc2ccccc2)C(=O)CC1)c1nc2ccccc2s1. The minimum Gasteiger partial charge on any atom is -0.383 e. The van der Waals surface area contributed by atoms with Gasteiger partial charge in [0, 0.05) is 20.0 Å². The maximum absolute atomic E-state index is 13.4. The Labute approximate surface area is 178 Å². The van der Waals surface area contributed by atoms with Crippen LogP contribution in [0.3, 0.4) is 0 Å². The fraction of sp³-hybridized carbons (Fsp3) is 0.273. The van der Waals surface area contributed by atoms with Gasteiger partial charge in [-0.1, -0.05) is 53.8 Å². The number of aromatic nitrogens is 1. The molecule has 30 heavy (non-hydrogen) atoms. The second-order valence-electron chi connectivity index (χ2n) is 6.90. The highest BCUT2D eigenvalue weighted by Crippen LogP contribution is 2.29. The number of methoxy groups -OCH3 is 1. The predicted molar refractivity (Wildman–Crippen MR) is 118 cm³/mol. The number of para-hydroxylation sites is 1. The number of benzene rings is 2. The first-order chi connectivity index (χ1) is 14.7. The summed E-state index contributed by atoms with van der Waals surface area (Å²) in [5, 5.41) is 6.40. The molecule has 154 valence electrons. The summed E-state index contributed by atoms with van der Waals surface area (Å²) in [5.74, 6) is -0.324. The predicted octanol–water partition coefficient (Wildman–Crippen LogP) is 3.45. The van der Waals surface area contributed by atoms with Crippen molar-refractivity contribution >= 4 is 44.2 Å². The average Bonchev–Trinajstić information content (AvgIpc) is 3.20. The lowest BCUT2D eigenvalue weighted by Crippen LogP contribution is -2.42. The van der Waals surface area contributed by atoms with E-state index in [1.807, 2.05) is 54.6 Å². The van der Waals surface area contributed by atoms with E-state index in [1.54, 1.807) is 12.0 Å². The van der Waals surface area contributed by atoms with E-state index in [-0.39, 0.29) is 18.2 Å². The molecule has 0 N–H and O–H groups in total. The molecular formula is C22H22N4O3S. The van der Waals surface area contributed by atoms with Gasteiger partial charge in [0.2, 0.25) is 5.91 Å². The minimum absolute atomic E-state index is 0.0844. The summed E-state index contributed by atoms with van der Waals surface area (Å²) in [5.41, 5.74) is 2.17. The number of carbonyl (C=O) groups is 2. The van der Waals surface area contributed by atoms with E-state index >= 15 is 0 Å². The fourth-order valence-corrected chi connectivity index (χ4v) is 4.22. The molecule has 7 nitrogen and oxygen atoms in total. The Morgan fingerprint density at radius 1 is 1.13 bits per heavy atom. The van der Waals surface area contributed by atoms with Gasteiger partial charge in [-0.3, -0.25) is 14.5 Å². The number of amides is 2. The van der Waals surface area contributed by atoms with Crippen LogP contribution >= 0.6 is 11.3 Å². The molecule has 0 spiro atoms. The lowest BCUT2D eigenvalue weighted by Gasteiger charge is -2.26. The van der Waals surface area contributed by atoms with Crippen LogP contribution in [-0.2, 0) is 20.9 Å². The van der Waals surface area contributed by atoms with Crippen molar-refractivity contribution in [3.8, 4) is 0 Å². The van der Waals surface area contributed by atoms with Gasteiger partial charge in [0.25, 0.3) is 5.91 Å². The second kappa shape index (κ2) is 9.15. The number of rotatable bonds is 7. The van der Waals surface area contributed by atoms with Crippen molar-refractivity contribution in [2.75, 3.05) is 25.2 Å². The number of hydrazone groups is 1. The van der Waals surface area contributed by atoms with Gasteiger partial charge in [0.15, 0.2) is 5.13 Å². The van der Waals surface area contributed by atoms with Crippen molar-refractivity contribution < 1.29 is 14.3 Å². The zero-order valence-electron chi connectivity index (χ0n) is 16.7. The van der Waals surface area contributed by atoms with Gasteiger partial charge in [0.05, 0.1) is 29.9 Å². The van der Waals surface area contributed by atoms with E-state index in [1.165, 1.54) is 16.3 Å². The molecule has 0 aliphatic carbocycles. The number of hydrogen-bond donors (Lipinski definition) is 0. The van der Waals surface area contributed by atoms with Crippen LogP contribution in [0.25, 0.3) is 10.2 Å². The Morgan fingerprint density at radius 3 is 2.67 bits per heavy atom. The van der Waals surface area contributed by atoms with E-state index in [9.17, 15) is 9.59 Å². The molecule has 2 amide bonds. The lowest BCUT2D eigenvalue weighted by atomic mass is 10.1. The Morgan fingerprint density at radius 2 is 1.90 bits per heavy atom. The van der Waals surface area contributed by atoms with Gasteiger partial charge in [-0.2, -0.15) is 5.10 Å². The summed E-state index contributed by atoms with van der Waals surface area (Å²) in [4.78, 5) is 31.9. The fourth-order valence-electron chi connectivity index (χ4n) is 3.23. The quantitative estimate of drug-likeness (QED) is 0.584. The Kier molecular flexibility index (Phi) is 6.15. The van der Waals surface area contributed by atoms with Crippen molar-refractivity contribution in [1.82, 2.24) is 9.99 Å². The third-order valence-corrected chi connectivity index (χ3v) is 5.86. The number of nitrogens with zero attached hydrogens (tertiary/aromatic N) is 4. The maximum atomic E-state index is 13.4. The maximum Gasteiger partial charge on any atom is 0.276 e. The molecule has 3 aromatic rings. The third kappa shape index (κ3) is 4.39. The Balaban J connectivity index is 1.61. The number of carbonyl (C=O) groups excluding carboxylic acids is 2. The zero-order chi connectivity index (χ0) is 20.9. The normalized spacial score (nSPS) is 14.1. The number of ether oxygens (including phenoxy) is 1. The summed E-state index contributed by atoms with van der Waals surface area (Å²) in [6.07, 6.45) is 0.576. The van der Waals surface area contributed by atoms with Crippen molar-refractivity contribution in [2.24, 2.45) is 5.10 Å². The first-order valence-corrected chi connectivity index (χ1v) is 10.6. The van der Waals surface area contributed by atoms with E-state index in [2.05, 4.69) is 10.1 Å². The van der Waals surface area contributed by atoms with Crippen molar-refractivity contribution in [2.45, 2.75) is 19.4 Å². The Bertz CT molecular complexity index is 1050. The number of fused-ring (bicyclic) bond motifs is 1. The number of anilines is 1. The largest absolute Gasteiger partial charge is 0.383 e. The highest BCUT2D eigenvalue weighted by molar-refractivity contribution is 7.22. The Hall–Kier alpha value is -3.10. The van der Waals surface area contributed by atoms with Gasteiger partial charge in [-0.05, 0) is 17.7 Å². The molecule has 8 heteroatoms. The summed E-state index contributed by atoms with van der Waals surface area (Å²) in [7, 11) is 1.60. The molecule has 0 atom stereocenters. The van der Waals surface area contributed by atoms with Crippen LogP contribution in [-0.4, -0.2) is 47.8 Å². The molecule has 2 aromatic carbocycles. The van der Waals surface area contributed by atoms with Gasteiger partial charge in [0.1, 0.15) is 5.71 Å². The van der Waals surface area contributed by atoms with Gasteiger partial charge in [-0.25, -0.2) is 9.99 Å². The van der Waals surface area contributed by atoms with Crippen LogP contribution in [0.4, 0.5) is 5.13 Å². The summed E-state index contributed by atoms with van der Waals surface area (Å²) >= 11 is 1.45. The van der Waals surface area contributed by atoms with Crippen LogP contribution < -0.4 is 4.90 Å². The first kappa shape index (κ1) is 20.2. The molecule has 0 saturated carbocycles. The number of thiazole rings is 1. The van der Waals surface area contributed by atoms with Crippen molar-refractivity contribution in [1.29, 1.82) is 0 Å². The third-order valence-electron chi connectivity index (χ3n) is 4.80. The molecular weight excluding hydrogens is 400 g/mol. The summed E-state index contributed by atoms with van der Waals surface area (Å²) < 4.78 is 6.21. The molecule has 1 aromatic heterocycles. The molecule has 0 bridgehead atoms. The van der Waals surface area contributed by atoms with Crippen LogP contribution in [0, 0.1) is 0 Å². The van der Waals surface area contributed by atoms with Crippen LogP contribution in [0.2, 0.25) is 0 Å². The molecule has 2 heterocycles. The highest BCUT2D eigenvalue weighted by atomic mass is 32.1. The standard InChI is InChI=1S/C22H22N4O3S/c1-29-14-13-25(22-23-17-9-5-6-10-19(17)30-22)21(28)18-11-12-20(27)26(24-18)15-16-7-3-2-4-8-16/h2-10H,11-15H2,1H3. The van der Waals surface area contributed by atoms with E-state index in [4.69, 9.17) is 4.74 Å². The van der Waals surface area contributed by atoms with Crippen LogP contribution in [0.1, 0.15) is 18.4 Å². The van der Waals surface area contributed by atoms with Crippen molar-refractivity contribution in [3.05, 3.63) is 60.2 Å². The topological polar surface area (TPSA) is 75.1 Å². The summed E-state index contributed by atoms with van der Waals surface area (Å²) in [6, 6.07) is 17.4. The molecule has 1 aliphatic rings. The molecule has 4 rings (SSSR count). The molecule has 1 aliphatic heterocycles. The van der Waals surface area contributed by atoms with Crippen LogP contribution in [0.5, 0.6) is 0 Å². The number of hydrogen-bond acceptors (Lipinski definition) is 6. The monoisotopic (exact) mass is 422 g/mol. The lowest BCUT2D eigenvalue weighted by molar-refractivity contribution is -0.132. The second-order valence-corrected chi connectivity index (χ2v) is 7.91. The first-order valence-electron chi connectivity index (χ1n) is 9.74. The summed E-state index contributed by atoms with van der Waals surface area (Å²) in [6.45, 7) is 1.08. The molecule has 0 saturated heterocycles. The molecule has 0 fully saturated rings. The van der Waals surface area contributed by atoms with E-state index < -0.39 is 0 Å². The van der Waals surface area contributed by atoms with Crippen molar-refractivity contribution in [3.63, 3.8) is 0 Å². The van der Waals surface area contributed by atoms with Gasteiger partial charge < -0.3 is 4.74 Å². The molecule has 0 radical (unpaired) electrons. The zero-order valence-corrected chi connectivity index (χ0v) is 17.5. The highest BCUT2D eigenvalue weighted by Gasteiger charge is 2.29. The van der Waals surface area contributed by atoms with E-state index in [0.29, 0.717) is 37.0 Å². The molecule has 0 unspecified atom stereocenters. The minimum atomic E-state index is -0.239. The van der Waals surface area contributed by atoms with E-state index in [0.717, 1.165) is 15.8 Å².